The lowest BCUT2D eigenvalue weighted by Gasteiger charge is -2.36. The minimum atomic E-state index is 0.0661. The number of carbonyl (C=O) groups is 1. The monoisotopic (exact) mass is 307 g/mol. The molecule has 1 aromatic heterocycles. The van der Waals surface area contributed by atoms with Crippen LogP contribution in [0.4, 0.5) is 0 Å². The maximum atomic E-state index is 12.6. The quantitative estimate of drug-likeness (QED) is 0.927. The molecule has 2 saturated heterocycles. The third kappa shape index (κ3) is 4.05. The van der Waals surface area contributed by atoms with Crippen LogP contribution in [0.2, 0.25) is 0 Å². The predicted octanol–water partition coefficient (Wildman–Crippen LogP) is 1.92. The Bertz CT molecular complexity index is 432. The van der Waals surface area contributed by atoms with Gasteiger partial charge in [0.1, 0.15) is 0 Å². The molecule has 4 nitrogen and oxygen atoms in total. The van der Waals surface area contributed by atoms with E-state index in [1.807, 2.05) is 11.3 Å². The van der Waals surface area contributed by atoms with Crippen LogP contribution in [0.3, 0.4) is 0 Å². The SMILES string of the molecule is O=C(C1CCCCCN1)N1CCN(Cc2cccs2)CC1. The van der Waals surface area contributed by atoms with Gasteiger partial charge < -0.3 is 10.2 Å². The minimum Gasteiger partial charge on any atom is -0.339 e. The van der Waals surface area contributed by atoms with E-state index in [0.29, 0.717) is 5.91 Å². The van der Waals surface area contributed by atoms with Crippen LogP contribution in [0.1, 0.15) is 30.6 Å². The molecule has 2 aliphatic heterocycles. The highest BCUT2D eigenvalue weighted by Gasteiger charge is 2.27. The zero-order valence-corrected chi connectivity index (χ0v) is 13.4. The third-order valence-electron chi connectivity index (χ3n) is 4.50. The molecule has 3 heterocycles. The summed E-state index contributed by atoms with van der Waals surface area (Å²) >= 11 is 1.82. The number of rotatable bonds is 3. The van der Waals surface area contributed by atoms with Crippen LogP contribution in [0.15, 0.2) is 17.5 Å². The molecule has 3 rings (SSSR count). The molecule has 0 aliphatic carbocycles. The van der Waals surface area contributed by atoms with Crippen molar-refractivity contribution in [1.82, 2.24) is 15.1 Å². The molecule has 0 bridgehead atoms. The highest BCUT2D eigenvalue weighted by Crippen LogP contribution is 2.15. The van der Waals surface area contributed by atoms with E-state index in [-0.39, 0.29) is 6.04 Å². The van der Waals surface area contributed by atoms with Crippen molar-refractivity contribution in [3.63, 3.8) is 0 Å². The average molecular weight is 307 g/mol. The van der Waals surface area contributed by atoms with Gasteiger partial charge in [-0.3, -0.25) is 9.69 Å². The van der Waals surface area contributed by atoms with E-state index in [1.165, 1.54) is 24.1 Å². The molecule has 21 heavy (non-hydrogen) atoms. The number of amides is 1. The first-order chi connectivity index (χ1) is 10.3. The fourth-order valence-electron chi connectivity index (χ4n) is 3.21. The Labute approximate surface area is 131 Å². The van der Waals surface area contributed by atoms with Gasteiger partial charge in [-0.15, -0.1) is 11.3 Å². The summed E-state index contributed by atoms with van der Waals surface area (Å²) in [6.07, 6.45) is 4.65. The van der Waals surface area contributed by atoms with Crippen molar-refractivity contribution in [2.75, 3.05) is 32.7 Å². The summed E-state index contributed by atoms with van der Waals surface area (Å²) in [5.74, 6) is 0.327. The van der Waals surface area contributed by atoms with Gasteiger partial charge in [0.25, 0.3) is 0 Å². The molecule has 2 fully saturated rings. The maximum absolute atomic E-state index is 12.6. The Hall–Kier alpha value is -0.910. The van der Waals surface area contributed by atoms with E-state index in [9.17, 15) is 4.79 Å². The summed E-state index contributed by atoms with van der Waals surface area (Å²) in [6.45, 7) is 5.77. The number of hydrogen-bond acceptors (Lipinski definition) is 4. The second-order valence-electron chi connectivity index (χ2n) is 6.04. The molecular formula is C16H25N3OS. The van der Waals surface area contributed by atoms with Crippen molar-refractivity contribution < 1.29 is 4.79 Å². The first-order valence-corrected chi connectivity index (χ1v) is 8.98. The molecule has 1 aromatic rings. The Morgan fingerprint density at radius 3 is 2.86 bits per heavy atom. The summed E-state index contributed by atoms with van der Waals surface area (Å²) in [4.78, 5) is 18.5. The van der Waals surface area contributed by atoms with Crippen molar-refractivity contribution in [3.05, 3.63) is 22.4 Å². The first kappa shape index (κ1) is 15.0. The summed E-state index contributed by atoms with van der Waals surface area (Å²) in [5.41, 5.74) is 0. The van der Waals surface area contributed by atoms with Crippen LogP contribution in [0, 0.1) is 0 Å². The molecule has 1 N–H and O–H groups in total. The smallest absolute Gasteiger partial charge is 0.239 e. The molecule has 116 valence electrons. The van der Waals surface area contributed by atoms with E-state index < -0.39 is 0 Å². The molecule has 0 saturated carbocycles. The van der Waals surface area contributed by atoms with Crippen molar-refractivity contribution in [2.24, 2.45) is 0 Å². The molecule has 1 amide bonds. The van der Waals surface area contributed by atoms with Gasteiger partial charge in [-0.05, 0) is 30.8 Å². The maximum Gasteiger partial charge on any atom is 0.239 e. The highest BCUT2D eigenvalue weighted by atomic mass is 32.1. The predicted molar refractivity (Wildman–Crippen MR) is 86.4 cm³/mol. The second kappa shape index (κ2) is 7.38. The highest BCUT2D eigenvalue weighted by molar-refractivity contribution is 7.09. The fourth-order valence-corrected chi connectivity index (χ4v) is 3.96. The molecular weight excluding hydrogens is 282 g/mol. The van der Waals surface area contributed by atoms with Gasteiger partial charge in [-0.1, -0.05) is 18.9 Å². The summed E-state index contributed by atoms with van der Waals surface area (Å²) in [5, 5.41) is 5.55. The van der Waals surface area contributed by atoms with Crippen molar-refractivity contribution in [3.8, 4) is 0 Å². The van der Waals surface area contributed by atoms with Crippen LogP contribution in [0.25, 0.3) is 0 Å². The summed E-state index contributed by atoms with van der Waals surface area (Å²) in [6, 6.07) is 4.37. The molecule has 5 heteroatoms. The first-order valence-electron chi connectivity index (χ1n) is 8.10. The van der Waals surface area contributed by atoms with Crippen LogP contribution in [-0.2, 0) is 11.3 Å². The van der Waals surface area contributed by atoms with Gasteiger partial charge in [-0.25, -0.2) is 0 Å². The van der Waals surface area contributed by atoms with Crippen molar-refractivity contribution in [2.45, 2.75) is 38.3 Å². The van der Waals surface area contributed by atoms with Crippen LogP contribution in [0.5, 0.6) is 0 Å². The lowest BCUT2D eigenvalue weighted by atomic mass is 10.1. The van der Waals surface area contributed by atoms with E-state index in [2.05, 4.69) is 32.6 Å². The number of hydrogen-bond donors (Lipinski definition) is 1. The molecule has 0 radical (unpaired) electrons. The standard InChI is InChI=1S/C16H25N3OS/c20-16(15-6-2-1-3-7-17-15)19-10-8-18(9-11-19)13-14-5-4-12-21-14/h4-5,12,15,17H,1-3,6-11,13H2. The Morgan fingerprint density at radius 1 is 1.24 bits per heavy atom. The Morgan fingerprint density at radius 2 is 2.10 bits per heavy atom. The largest absolute Gasteiger partial charge is 0.339 e. The zero-order valence-electron chi connectivity index (χ0n) is 12.6. The van der Waals surface area contributed by atoms with Gasteiger partial charge in [0.2, 0.25) is 5.91 Å². The van der Waals surface area contributed by atoms with Crippen LogP contribution >= 0.6 is 11.3 Å². The van der Waals surface area contributed by atoms with E-state index in [1.54, 1.807) is 0 Å². The van der Waals surface area contributed by atoms with E-state index in [0.717, 1.165) is 45.7 Å². The molecule has 1 unspecified atom stereocenters. The topological polar surface area (TPSA) is 35.6 Å². The van der Waals surface area contributed by atoms with Gasteiger partial charge in [0, 0.05) is 37.6 Å². The lowest BCUT2D eigenvalue weighted by molar-refractivity contribution is -0.135. The molecule has 1 atom stereocenters. The third-order valence-corrected chi connectivity index (χ3v) is 5.36. The van der Waals surface area contributed by atoms with Crippen LogP contribution < -0.4 is 5.32 Å². The number of carbonyl (C=O) groups excluding carboxylic acids is 1. The summed E-state index contributed by atoms with van der Waals surface area (Å²) in [7, 11) is 0. The fraction of sp³-hybridized carbons (Fsp3) is 0.688. The van der Waals surface area contributed by atoms with E-state index in [4.69, 9.17) is 0 Å². The van der Waals surface area contributed by atoms with Gasteiger partial charge >= 0.3 is 0 Å². The Balaban J connectivity index is 1.47. The van der Waals surface area contributed by atoms with Crippen molar-refractivity contribution >= 4 is 17.2 Å². The Kier molecular flexibility index (Phi) is 5.27. The minimum absolute atomic E-state index is 0.0661. The summed E-state index contributed by atoms with van der Waals surface area (Å²) < 4.78 is 0. The average Bonchev–Trinajstić information content (AvgIpc) is 2.87. The lowest BCUT2D eigenvalue weighted by Crippen LogP contribution is -2.53. The van der Waals surface area contributed by atoms with E-state index >= 15 is 0 Å². The molecule has 0 spiro atoms. The van der Waals surface area contributed by atoms with Crippen molar-refractivity contribution in [1.29, 1.82) is 0 Å². The van der Waals surface area contributed by atoms with Gasteiger partial charge in [0.05, 0.1) is 6.04 Å². The normalized spacial score (nSPS) is 24.8. The van der Waals surface area contributed by atoms with Crippen LogP contribution in [-0.4, -0.2) is 54.5 Å². The number of piperazine rings is 1. The van der Waals surface area contributed by atoms with Gasteiger partial charge in [0.15, 0.2) is 0 Å². The zero-order chi connectivity index (χ0) is 14.5. The van der Waals surface area contributed by atoms with Gasteiger partial charge in [-0.2, -0.15) is 0 Å². The molecule has 0 aromatic carbocycles. The number of nitrogens with one attached hydrogen (secondary N) is 1. The number of nitrogens with zero attached hydrogens (tertiary/aromatic N) is 2. The number of thiophene rings is 1. The molecule has 2 aliphatic rings. The second-order valence-corrected chi connectivity index (χ2v) is 7.07.